The summed E-state index contributed by atoms with van der Waals surface area (Å²) in [6.07, 6.45) is 11.6. The molecule has 180 valence electrons. The van der Waals surface area contributed by atoms with Crippen molar-refractivity contribution in [3.8, 4) is 0 Å². The van der Waals surface area contributed by atoms with E-state index in [0.717, 1.165) is 23.3 Å². The first-order chi connectivity index (χ1) is 15.8. The van der Waals surface area contributed by atoms with E-state index in [1.54, 1.807) is 0 Å². The highest BCUT2D eigenvalue weighted by Crippen LogP contribution is 2.38. The number of carbonyl (C=O) groups is 2. The van der Waals surface area contributed by atoms with Crippen molar-refractivity contribution in [3.63, 3.8) is 0 Å². The van der Waals surface area contributed by atoms with E-state index < -0.39 is 12.0 Å². The lowest BCUT2D eigenvalue weighted by Gasteiger charge is -2.32. The molecule has 2 aliphatic carbocycles. The lowest BCUT2D eigenvalue weighted by molar-refractivity contribution is -0.139. The second kappa shape index (κ2) is 10.3. The van der Waals surface area contributed by atoms with Gasteiger partial charge >= 0.3 is 5.97 Å². The van der Waals surface area contributed by atoms with Crippen LogP contribution in [0.2, 0.25) is 0 Å². The summed E-state index contributed by atoms with van der Waals surface area (Å²) in [5.41, 5.74) is 2.44. The quantitative estimate of drug-likeness (QED) is 0.533. The number of aliphatic carboxylic acids is 1. The lowest BCUT2D eigenvalue weighted by Crippen LogP contribution is -2.41. The van der Waals surface area contributed by atoms with E-state index in [2.05, 4.69) is 16.8 Å². The van der Waals surface area contributed by atoms with E-state index in [1.165, 1.54) is 51.4 Å². The summed E-state index contributed by atoms with van der Waals surface area (Å²) in [5.74, 6) is 1.33. The summed E-state index contributed by atoms with van der Waals surface area (Å²) in [6, 6.07) is 5.28. The second-order valence-corrected chi connectivity index (χ2v) is 10.8. The number of benzene rings is 1. The van der Waals surface area contributed by atoms with Crippen molar-refractivity contribution in [1.29, 1.82) is 0 Å². The average Bonchev–Trinajstić information content (AvgIpc) is 3.40. The number of hydrogen-bond donors (Lipinski definition) is 2. The maximum absolute atomic E-state index is 12.9. The molecule has 33 heavy (non-hydrogen) atoms. The minimum atomic E-state index is -0.993. The summed E-state index contributed by atoms with van der Waals surface area (Å²) in [6.45, 7) is 6.27. The van der Waals surface area contributed by atoms with Crippen LogP contribution in [0.15, 0.2) is 18.2 Å². The van der Waals surface area contributed by atoms with Gasteiger partial charge in [-0.1, -0.05) is 59.3 Å². The molecule has 0 radical (unpaired) electrons. The van der Waals surface area contributed by atoms with Crippen LogP contribution in [-0.2, 0) is 11.2 Å². The number of hydrogen-bond acceptors (Lipinski definition) is 3. The molecule has 0 saturated heterocycles. The molecule has 2 fully saturated rings. The minimum Gasteiger partial charge on any atom is -0.480 e. The summed E-state index contributed by atoms with van der Waals surface area (Å²) in [4.78, 5) is 29.6. The third-order valence-corrected chi connectivity index (χ3v) is 7.68. The van der Waals surface area contributed by atoms with Gasteiger partial charge in [0.25, 0.3) is 5.91 Å². The molecule has 6 heteroatoms. The van der Waals surface area contributed by atoms with Crippen LogP contribution >= 0.6 is 0 Å². The van der Waals surface area contributed by atoms with Crippen molar-refractivity contribution in [2.24, 2.45) is 17.8 Å². The van der Waals surface area contributed by atoms with Gasteiger partial charge in [-0.15, -0.1) is 0 Å². The highest BCUT2D eigenvalue weighted by molar-refractivity contribution is 5.99. The summed E-state index contributed by atoms with van der Waals surface area (Å²) < 4.78 is 2.48. The number of aromatic nitrogens is 2. The van der Waals surface area contributed by atoms with Crippen LogP contribution in [0, 0.1) is 17.8 Å². The predicted molar refractivity (Wildman–Crippen MR) is 130 cm³/mol. The van der Waals surface area contributed by atoms with Crippen LogP contribution < -0.4 is 5.32 Å². The molecular formula is C27H39N3O3. The standard InChI is InChI=1S/C27H39N3O3/c1-17(2)14-22(27(32)33)29-26(31)20-12-13-24-21(16-20)28-25(15-19-9-5-6-10-19)30(24)23-11-7-4-8-18(23)3/h12-13,16-19,22-23H,4-11,14-15H2,1-3H3,(H,29,31)(H,32,33)/t18?,22?,23-/m0/s1. The molecular weight excluding hydrogens is 414 g/mol. The minimum absolute atomic E-state index is 0.181. The van der Waals surface area contributed by atoms with E-state index in [-0.39, 0.29) is 11.8 Å². The Bertz CT molecular complexity index is 990. The maximum Gasteiger partial charge on any atom is 0.326 e. The Labute approximate surface area is 197 Å². The Hall–Kier alpha value is -2.37. The van der Waals surface area contributed by atoms with Gasteiger partial charge in [0.2, 0.25) is 0 Å². The molecule has 2 unspecified atom stereocenters. The zero-order chi connectivity index (χ0) is 23.5. The van der Waals surface area contributed by atoms with E-state index >= 15 is 0 Å². The Kier molecular flexibility index (Phi) is 7.40. The van der Waals surface area contributed by atoms with Gasteiger partial charge in [-0.05, 0) is 55.2 Å². The molecule has 1 aromatic carbocycles. The maximum atomic E-state index is 12.9. The number of fused-ring (bicyclic) bond motifs is 1. The van der Waals surface area contributed by atoms with Crippen LogP contribution in [0.3, 0.4) is 0 Å². The highest BCUT2D eigenvalue weighted by Gasteiger charge is 2.29. The Morgan fingerprint density at radius 3 is 2.48 bits per heavy atom. The third-order valence-electron chi connectivity index (χ3n) is 7.68. The smallest absolute Gasteiger partial charge is 0.326 e. The number of amides is 1. The first-order valence-corrected chi connectivity index (χ1v) is 12.9. The number of nitrogens with zero attached hydrogens (tertiary/aromatic N) is 2. The Morgan fingerprint density at radius 1 is 1.12 bits per heavy atom. The molecule has 2 N–H and O–H groups in total. The molecule has 4 rings (SSSR count). The van der Waals surface area contributed by atoms with Crippen molar-refractivity contribution >= 4 is 22.9 Å². The second-order valence-electron chi connectivity index (χ2n) is 10.8. The topological polar surface area (TPSA) is 84.2 Å². The van der Waals surface area contributed by atoms with Gasteiger partial charge in [-0.2, -0.15) is 0 Å². The molecule has 0 spiro atoms. The Morgan fingerprint density at radius 2 is 1.82 bits per heavy atom. The fourth-order valence-electron chi connectivity index (χ4n) is 5.89. The number of nitrogens with one attached hydrogen (secondary N) is 1. The van der Waals surface area contributed by atoms with Gasteiger partial charge in [0.1, 0.15) is 11.9 Å². The molecule has 1 aromatic heterocycles. The molecule has 3 atom stereocenters. The predicted octanol–water partition coefficient (Wildman–Crippen LogP) is 5.75. The molecule has 1 amide bonds. The molecule has 2 aromatic rings. The van der Waals surface area contributed by atoms with Crippen LogP contribution in [0.5, 0.6) is 0 Å². The summed E-state index contributed by atoms with van der Waals surface area (Å²) in [5, 5.41) is 12.2. The van der Waals surface area contributed by atoms with Gasteiger partial charge in [0.05, 0.1) is 11.0 Å². The van der Waals surface area contributed by atoms with Crippen molar-refractivity contribution < 1.29 is 14.7 Å². The SMILES string of the molecule is CC(C)CC(NC(=O)c1ccc2c(c1)nc(CC1CCCC1)n2[C@H]1CCCCC1C)C(=O)O. The molecule has 0 aliphatic heterocycles. The zero-order valence-electron chi connectivity index (χ0n) is 20.3. The van der Waals surface area contributed by atoms with Crippen LogP contribution in [0.1, 0.15) is 101 Å². The van der Waals surface area contributed by atoms with Gasteiger partial charge in [-0.25, -0.2) is 9.78 Å². The highest BCUT2D eigenvalue weighted by atomic mass is 16.4. The van der Waals surface area contributed by atoms with Crippen molar-refractivity contribution in [1.82, 2.24) is 14.9 Å². The number of rotatable bonds is 8. The van der Waals surface area contributed by atoms with E-state index in [9.17, 15) is 14.7 Å². The van der Waals surface area contributed by atoms with E-state index in [0.29, 0.717) is 29.9 Å². The summed E-state index contributed by atoms with van der Waals surface area (Å²) >= 11 is 0. The zero-order valence-corrected chi connectivity index (χ0v) is 20.3. The van der Waals surface area contributed by atoms with Crippen LogP contribution in [0.25, 0.3) is 11.0 Å². The molecule has 0 bridgehead atoms. The lowest BCUT2D eigenvalue weighted by atomic mass is 9.85. The molecule has 6 nitrogen and oxygen atoms in total. The molecule has 2 aliphatic rings. The summed E-state index contributed by atoms with van der Waals surface area (Å²) in [7, 11) is 0. The van der Waals surface area contributed by atoms with Crippen molar-refractivity contribution in [3.05, 3.63) is 29.6 Å². The number of carboxylic acid groups (broad SMARTS) is 1. The first kappa shape index (κ1) is 23.8. The van der Waals surface area contributed by atoms with Crippen molar-refractivity contribution in [2.75, 3.05) is 0 Å². The number of carbonyl (C=O) groups excluding carboxylic acids is 1. The van der Waals surface area contributed by atoms with E-state index in [4.69, 9.17) is 4.98 Å². The molecule has 2 saturated carbocycles. The fourth-order valence-corrected chi connectivity index (χ4v) is 5.89. The van der Waals surface area contributed by atoms with Gasteiger partial charge in [-0.3, -0.25) is 4.79 Å². The average molecular weight is 454 g/mol. The third kappa shape index (κ3) is 5.42. The largest absolute Gasteiger partial charge is 0.480 e. The van der Waals surface area contributed by atoms with E-state index in [1.807, 2.05) is 32.0 Å². The number of carboxylic acids is 1. The van der Waals surface area contributed by atoms with Crippen molar-refractivity contribution in [2.45, 2.75) is 97.1 Å². The first-order valence-electron chi connectivity index (χ1n) is 12.9. The number of imidazole rings is 1. The normalized spacial score (nSPS) is 22.7. The molecule has 1 heterocycles. The van der Waals surface area contributed by atoms with Gasteiger partial charge < -0.3 is 15.0 Å². The monoisotopic (exact) mass is 453 g/mol. The van der Waals surface area contributed by atoms with Gasteiger partial charge in [0.15, 0.2) is 0 Å². The van der Waals surface area contributed by atoms with Gasteiger partial charge in [0, 0.05) is 18.0 Å². The Balaban J connectivity index is 1.65. The van der Waals surface area contributed by atoms with Crippen LogP contribution in [-0.4, -0.2) is 32.6 Å². The fraction of sp³-hybridized carbons (Fsp3) is 0.667. The van der Waals surface area contributed by atoms with Crippen LogP contribution in [0.4, 0.5) is 0 Å².